The van der Waals surface area contributed by atoms with Crippen molar-refractivity contribution in [3.8, 4) is 11.5 Å². The van der Waals surface area contributed by atoms with Crippen molar-refractivity contribution >= 4 is 27.3 Å². The van der Waals surface area contributed by atoms with Gasteiger partial charge in [0.1, 0.15) is 11.5 Å². The van der Waals surface area contributed by atoms with Crippen molar-refractivity contribution < 1.29 is 4.74 Å². The molecule has 14 heavy (non-hydrogen) atoms. The summed E-state index contributed by atoms with van der Waals surface area (Å²) in [6.07, 6.45) is 0. The molecule has 2 aromatic carbocycles. The average molecular weight is 377 g/mol. The van der Waals surface area contributed by atoms with E-state index in [1.54, 1.807) is 0 Å². The third-order valence-electron chi connectivity index (χ3n) is 1.72. The Morgan fingerprint density at radius 1 is 0.571 bits per heavy atom. The fourth-order valence-electron chi connectivity index (χ4n) is 1.11. The van der Waals surface area contributed by atoms with Gasteiger partial charge in [0.2, 0.25) is 0 Å². The molecule has 2 heteroatoms. The second-order valence-electron chi connectivity index (χ2n) is 2.73. The third kappa shape index (κ3) is 3.14. The largest absolute Gasteiger partial charge is 0.457 e. The van der Waals surface area contributed by atoms with Gasteiger partial charge in [-0.15, -0.1) is 0 Å². The maximum Gasteiger partial charge on any atom is 0.127 e. The Balaban J connectivity index is 0.000000980. The van der Waals surface area contributed by atoms with Gasteiger partial charge in [-0.2, -0.15) is 0 Å². The van der Waals surface area contributed by atoms with Crippen LogP contribution in [0.1, 0.15) is 0 Å². The molecule has 0 fully saturated rings. The smallest absolute Gasteiger partial charge is 0.127 e. The summed E-state index contributed by atoms with van der Waals surface area (Å²) in [5.74, 6) is 1.74. The van der Waals surface area contributed by atoms with Crippen molar-refractivity contribution in [1.29, 1.82) is 0 Å². The number of para-hydroxylation sites is 2. The zero-order valence-corrected chi connectivity index (χ0v) is 11.6. The van der Waals surface area contributed by atoms with Crippen LogP contribution in [0.3, 0.4) is 0 Å². The number of benzene rings is 2. The van der Waals surface area contributed by atoms with Gasteiger partial charge in [0.05, 0.1) is 0 Å². The Labute approximate surface area is 104 Å². The van der Waals surface area contributed by atoms with E-state index < -0.39 is 0 Å². The molecule has 0 bridgehead atoms. The van der Waals surface area contributed by atoms with E-state index in [1.807, 2.05) is 60.7 Å². The molecular formula is C12H10OPb. The summed E-state index contributed by atoms with van der Waals surface area (Å²) in [6.45, 7) is 0. The molecule has 0 aromatic heterocycles. The summed E-state index contributed by atoms with van der Waals surface area (Å²) < 4.78 is 5.58. The van der Waals surface area contributed by atoms with E-state index in [1.165, 1.54) is 0 Å². The zero-order valence-electron chi connectivity index (χ0n) is 7.68. The molecule has 0 aliphatic heterocycles. The molecule has 1 nitrogen and oxygen atoms in total. The molecule has 0 aliphatic rings. The van der Waals surface area contributed by atoms with Gasteiger partial charge >= 0.3 is 0 Å². The van der Waals surface area contributed by atoms with Crippen LogP contribution < -0.4 is 4.74 Å². The van der Waals surface area contributed by atoms with Gasteiger partial charge < -0.3 is 4.74 Å². The van der Waals surface area contributed by atoms with Gasteiger partial charge in [-0.1, -0.05) is 36.4 Å². The molecule has 0 saturated carbocycles. The van der Waals surface area contributed by atoms with E-state index in [0.29, 0.717) is 0 Å². The summed E-state index contributed by atoms with van der Waals surface area (Å²) >= 11 is 0. The van der Waals surface area contributed by atoms with Gasteiger partial charge in [-0.25, -0.2) is 0 Å². The van der Waals surface area contributed by atoms with E-state index in [4.69, 9.17) is 4.74 Å². The Morgan fingerprint density at radius 3 is 1.29 bits per heavy atom. The fourth-order valence-corrected chi connectivity index (χ4v) is 1.11. The SMILES string of the molecule is [Pb].c1ccc(Oc2ccccc2)cc1. The minimum atomic E-state index is 0. The van der Waals surface area contributed by atoms with Gasteiger partial charge in [-0.05, 0) is 24.3 Å². The predicted molar refractivity (Wildman–Crippen MR) is 58.7 cm³/mol. The molecule has 0 spiro atoms. The maximum atomic E-state index is 5.58. The van der Waals surface area contributed by atoms with E-state index >= 15 is 0 Å². The van der Waals surface area contributed by atoms with E-state index in [9.17, 15) is 0 Å². The van der Waals surface area contributed by atoms with E-state index in [-0.39, 0.29) is 27.3 Å². The first kappa shape index (κ1) is 11.2. The molecule has 2 rings (SSSR count). The van der Waals surface area contributed by atoms with Crippen LogP contribution in [0.2, 0.25) is 0 Å². The van der Waals surface area contributed by atoms with Gasteiger partial charge in [-0.3, -0.25) is 0 Å². The van der Waals surface area contributed by atoms with Crippen molar-refractivity contribution in [3.05, 3.63) is 60.7 Å². The number of hydrogen-bond acceptors (Lipinski definition) is 1. The van der Waals surface area contributed by atoms with Crippen LogP contribution in [0, 0.1) is 0 Å². The quantitative estimate of drug-likeness (QED) is 0.731. The molecule has 0 aliphatic carbocycles. The van der Waals surface area contributed by atoms with Gasteiger partial charge in [0.25, 0.3) is 0 Å². The van der Waals surface area contributed by atoms with Crippen molar-refractivity contribution in [3.63, 3.8) is 0 Å². The molecular weight excluding hydrogens is 367 g/mol. The third-order valence-corrected chi connectivity index (χ3v) is 1.72. The van der Waals surface area contributed by atoms with E-state index in [0.717, 1.165) is 11.5 Å². The molecule has 2 aromatic rings. The summed E-state index contributed by atoms with van der Waals surface area (Å²) in [5.41, 5.74) is 0. The van der Waals surface area contributed by atoms with Crippen molar-refractivity contribution in [2.45, 2.75) is 0 Å². The average Bonchev–Trinajstić information content (AvgIpc) is 2.21. The van der Waals surface area contributed by atoms with Crippen LogP contribution >= 0.6 is 0 Å². The Kier molecular flexibility index (Phi) is 4.66. The number of hydrogen-bond donors (Lipinski definition) is 0. The molecule has 0 atom stereocenters. The first-order chi connectivity index (χ1) is 6.45. The van der Waals surface area contributed by atoms with Crippen LogP contribution in [0.25, 0.3) is 0 Å². The van der Waals surface area contributed by atoms with Crippen molar-refractivity contribution in [2.75, 3.05) is 0 Å². The van der Waals surface area contributed by atoms with E-state index in [2.05, 4.69) is 0 Å². The predicted octanol–water partition coefficient (Wildman–Crippen LogP) is 3.10. The maximum absolute atomic E-state index is 5.58. The second kappa shape index (κ2) is 5.80. The summed E-state index contributed by atoms with van der Waals surface area (Å²) in [5, 5.41) is 0. The molecule has 0 unspecified atom stereocenters. The van der Waals surface area contributed by atoms with Crippen LogP contribution in [0.5, 0.6) is 11.5 Å². The van der Waals surface area contributed by atoms with Crippen LogP contribution in [-0.4, -0.2) is 27.3 Å². The summed E-state index contributed by atoms with van der Waals surface area (Å²) in [6, 6.07) is 19.5. The van der Waals surface area contributed by atoms with Crippen LogP contribution in [-0.2, 0) is 0 Å². The van der Waals surface area contributed by atoms with Crippen molar-refractivity contribution in [1.82, 2.24) is 0 Å². The Hall–Kier alpha value is -0.838. The van der Waals surface area contributed by atoms with Gasteiger partial charge in [0, 0.05) is 27.3 Å². The first-order valence-corrected chi connectivity index (χ1v) is 4.23. The minimum absolute atomic E-state index is 0. The monoisotopic (exact) mass is 378 g/mol. The normalized spacial score (nSPS) is 8.86. The first-order valence-electron chi connectivity index (χ1n) is 4.23. The second-order valence-corrected chi connectivity index (χ2v) is 2.73. The van der Waals surface area contributed by atoms with Crippen LogP contribution in [0.4, 0.5) is 0 Å². The number of rotatable bonds is 2. The molecule has 68 valence electrons. The molecule has 0 amide bonds. The zero-order chi connectivity index (χ0) is 8.93. The van der Waals surface area contributed by atoms with Crippen molar-refractivity contribution in [2.24, 2.45) is 0 Å². The standard InChI is InChI=1S/C12H10O.Pb/c1-3-7-11(8-4-1)13-12-9-5-2-6-10-12;/h1-10H;. The Morgan fingerprint density at radius 2 is 0.929 bits per heavy atom. The molecule has 0 N–H and O–H groups in total. The van der Waals surface area contributed by atoms with Crippen LogP contribution in [0.15, 0.2) is 60.7 Å². The minimum Gasteiger partial charge on any atom is -0.457 e. The summed E-state index contributed by atoms with van der Waals surface area (Å²) in [4.78, 5) is 0. The topological polar surface area (TPSA) is 9.23 Å². The fraction of sp³-hybridized carbons (Fsp3) is 0. The molecule has 0 heterocycles. The Bertz CT molecular complexity index is 321. The molecule has 4 radical (unpaired) electrons. The number of ether oxygens (including phenoxy) is 1. The van der Waals surface area contributed by atoms with Gasteiger partial charge in [0.15, 0.2) is 0 Å². The summed E-state index contributed by atoms with van der Waals surface area (Å²) in [7, 11) is 0. The molecule has 0 saturated heterocycles.